The van der Waals surface area contributed by atoms with E-state index in [9.17, 15) is 18.4 Å². The fourth-order valence-corrected chi connectivity index (χ4v) is 3.11. The Bertz CT molecular complexity index is 488. The van der Waals surface area contributed by atoms with Gasteiger partial charge in [-0.2, -0.15) is 18.4 Å². The predicted molar refractivity (Wildman–Crippen MR) is 75.5 cm³/mol. The maximum atomic E-state index is 12.6. The Hall–Kier alpha value is -1.50. The minimum atomic E-state index is -4.30. The first kappa shape index (κ1) is 15.9. The number of benzene rings is 1. The molecule has 1 aliphatic carbocycles. The third-order valence-corrected chi connectivity index (χ3v) is 4.37. The highest BCUT2D eigenvalue weighted by Crippen LogP contribution is 2.37. The third kappa shape index (κ3) is 4.23. The van der Waals surface area contributed by atoms with Gasteiger partial charge >= 0.3 is 6.18 Å². The standard InChI is InChI=1S/C17H20F3N/c18-17(19,20)15-8-6-14(7-9-15)12-16(13-21)10-4-2-1-3-5-11-16/h6-9H,1-5,10-12H2. The number of halogens is 3. The van der Waals surface area contributed by atoms with Gasteiger partial charge in [-0.25, -0.2) is 0 Å². The molecule has 1 aliphatic rings. The molecular weight excluding hydrogens is 275 g/mol. The molecule has 0 atom stereocenters. The van der Waals surface area contributed by atoms with Gasteiger partial charge in [0.05, 0.1) is 17.0 Å². The summed E-state index contributed by atoms with van der Waals surface area (Å²) >= 11 is 0. The second-order valence-electron chi connectivity index (χ2n) is 6.03. The molecule has 1 aromatic carbocycles. The van der Waals surface area contributed by atoms with E-state index in [2.05, 4.69) is 6.07 Å². The highest BCUT2D eigenvalue weighted by Gasteiger charge is 2.32. The zero-order valence-electron chi connectivity index (χ0n) is 12.0. The summed E-state index contributed by atoms with van der Waals surface area (Å²) in [7, 11) is 0. The van der Waals surface area contributed by atoms with Crippen molar-refractivity contribution in [3.63, 3.8) is 0 Å². The molecule has 0 unspecified atom stereocenters. The maximum absolute atomic E-state index is 12.6. The van der Waals surface area contributed by atoms with E-state index in [-0.39, 0.29) is 0 Å². The number of alkyl halides is 3. The van der Waals surface area contributed by atoms with Crippen molar-refractivity contribution < 1.29 is 13.2 Å². The Morgan fingerprint density at radius 3 is 1.95 bits per heavy atom. The van der Waals surface area contributed by atoms with Crippen LogP contribution in [0.15, 0.2) is 24.3 Å². The first-order valence-corrected chi connectivity index (χ1v) is 7.53. The Labute approximate surface area is 123 Å². The van der Waals surface area contributed by atoms with E-state index in [1.54, 1.807) is 0 Å². The summed E-state index contributed by atoms with van der Waals surface area (Å²) in [5.41, 5.74) is -0.208. The minimum absolute atomic E-state index is 0.403. The molecule has 1 saturated carbocycles. The first-order chi connectivity index (χ1) is 9.95. The van der Waals surface area contributed by atoms with Crippen molar-refractivity contribution in [3.05, 3.63) is 35.4 Å². The Kier molecular flexibility index (Phi) is 4.92. The number of rotatable bonds is 2. The van der Waals surface area contributed by atoms with Gasteiger partial charge in [0.25, 0.3) is 0 Å². The number of hydrogen-bond donors (Lipinski definition) is 0. The summed E-state index contributed by atoms with van der Waals surface area (Å²) < 4.78 is 37.7. The lowest BCUT2D eigenvalue weighted by Gasteiger charge is -2.28. The quantitative estimate of drug-likeness (QED) is 0.706. The first-order valence-electron chi connectivity index (χ1n) is 7.53. The maximum Gasteiger partial charge on any atom is 0.416 e. The molecule has 0 N–H and O–H groups in total. The molecule has 1 fully saturated rings. The van der Waals surface area contributed by atoms with E-state index in [1.807, 2.05) is 0 Å². The minimum Gasteiger partial charge on any atom is -0.198 e. The molecule has 0 amide bonds. The van der Waals surface area contributed by atoms with Gasteiger partial charge in [-0.05, 0) is 37.0 Å². The van der Waals surface area contributed by atoms with Gasteiger partial charge in [-0.1, -0.05) is 44.2 Å². The van der Waals surface area contributed by atoms with E-state index in [0.29, 0.717) is 6.42 Å². The lowest BCUT2D eigenvalue weighted by molar-refractivity contribution is -0.137. The largest absolute Gasteiger partial charge is 0.416 e. The van der Waals surface area contributed by atoms with Crippen molar-refractivity contribution in [3.8, 4) is 6.07 Å². The highest BCUT2D eigenvalue weighted by molar-refractivity contribution is 5.26. The van der Waals surface area contributed by atoms with Gasteiger partial charge in [0.2, 0.25) is 0 Å². The van der Waals surface area contributed by atoms with E-state index in [0.717, 1.165) is 56.2 Å². The Morgan fingerprint density at radius 2 is 1.48 bits per heavy atom. The molecule has 0 radical (unpaired) electrons. The van der Waals surface area contributed by atoms with Gasteiger partial charge in [0.1, 0.15) is 0 Å². The summed E-state index contributed by atoms with van der Waals surface area (Å²) in [6.45, 7) is 0. The molecule has 21 heavy (non-hydrogen) atoms. The molecule has 0 aliphatic heterocycles. The molecule has 2 rings (SSSR count). The fraction of sp³-hybridized carbons (Fsp3) is 0.588. The number of hydrogen-bond acceptors (Lipinski definition) is 1. The summed E-state index contributed by atoms with van der Waals surface area (Å²) in [4.78, 5) is 0. The zero-order chi connectivity index (χ0) is 15.3. The SMILES string of the molecule is N#CC1(Cc2ccc(C(F)(F)F)cc2)CCCCCCC1. The topological polar surface area (TPSA) is 23.8 Å². The molecule has 0 saturated heterocycles. The van der Waals surface area contributed by atoms with E-state index >= 15 is 0 Å². The van der Waals surface area contributed by atoms with Gasteiger partial charge in [0.15, 0.2) is 0 Å². The molecular formula is C17H20F3N. The van der Waals surface area contributed by atoms with Gasteiger partial charge < -0.3 is 0 Å². The van der Waals surface area contributed by atoms with Crippen molar-refractivity contribution in [2.75, 3.05) is 0 Å². The van der Waals surface area contributed by atoms with Crippen LogP contribution in [0.5, 0.6) is 0 Å². The normalized spacial score (nSPS) is 19.3. The third-order valence-electron chi connectivity index (χ3n) is 4.37. The Balaban J connectivity index is 2.12. The second-order valence-corrected chi connectivity index (χ2v) is 6.03. The Morgan fingerprint density at radius 1 is 0.952 bits per heavy atom. The molecule has 114 valence electrons. The van der Waals surface area contributed by atoms with Crippen LogP contribution in [0.1, 0.15) is 56.1 Å². The number of nitriles is 1. The van der Waals surface area contributed by atoms with Crippen LogP contribution < -0.4 is 0 Å². The van der Waals surface area contributed by atoms with Crippen molar-refractivity contribution >= 4 is 0 Å². The zero-order valence-corrected chi connectivity index (χ0v) is 12.0. The molecule has 4 heteroatoms. The molecule has 0 heterocycles. The summed E-state index contributed by atoms with van der Waals surface area (Å²) in [6.07, 6.45) is 3.55. The van der Waals surface area contributed by atoms with Crippen LogP contribution in [0.25, 0.3) is 0 Å². The molecule has 1 nitrogen and oxygen atoms in total. The molecule has 0 bridgehead atoms. The van der Waals surface area contributed by atoms with Gasteiger partial charge in [0, 0.05) is 0 Å². The fourth-order valence-electron chi connectivity index (χ4n) is 3.11. The molecule has 1 aromatic rings. The van der Waals surface area contributed by atoms with Crippen LogP contribution in [0.2, 0.25) is 0 Å². The van der Waals surface area contributed by atoms with Gasteiger partial charge in [-0.3, -0.25) is 0 Å². The predicted octanol–water partition coefficient (Wildman–Crippen LogP) is 5.50. The lowest BCUT2D eigenvalue weighted by Crippen LogP contribution is -2.23. The summed E-state index contributed by atoms with van der Waals surface area (Å²) in [6, 6.07) is 7.71. The average Bonchev–Trinajstić information content (AvgIpc) is 2.42. The molecule has 0 spiro atoms. The van der Waals surface area contributed by atoms with Gasteiger partial charge in [-0.15, -0.1) is 0 Å². The highest BCUT2D eigenvalue weighted by atomic mass is 19.4. The van der Waals surface area contributed by atoms with Crippen molar-refractivity contribution in [1.82, 2.24) is 0 Å². The van der Waals surface area contributed by atoms with Crippen LogP contribution in [-0.4, -0.2) is 0 Å². The average molecular weight is 295 g/mol. The second kappa shape index (κ2) is 6.51. The monoisotopic (exact) mass is 295 g/mol. The van der Waals surface area contributed by atoms with Crippen molar-refractivity contribution in [2.24, 2.45) is 5.41 Å². The van der Waals surface area contributed by atoms with Crippen LogP contribution >= 0.6 is 0 Å². The smallest absolute Gasteiger partial charge is 0.198 e. The van der Waals surface area contributed by atoms with Crippen LogP contribution in [0.4, 0.5) is 13.2 Å². The molecule has 0 aromatic heterocycles. The summed E-state index contributed by atoms with van der Waals surface area (Å²) in [5.74, 6) is 0. The summed E-state index contributed by atoms with van der Waals surface area (Å²) in [5, 5.41) is 9.57. The van der Waals surface area contributed by atoms with E-state index in [4.69, 9.17) is 0 Å². The van der Waals surface area contributed by atoms with E-state index < -0.39 is 17.2 Å². The van der Waals surface area contributed by atoms with Crippen LogP contribution in [0.3, 0.4) is 0 Å². The number of nitrogens with zero attached hydrogens (tertiary/aromatic N) is 1. The van der Waals surface area contributed by atoms with Crippen molar-refractivity contribution in [2.45, 2.75) is 57.5 Å². The van der Waals surface area contributed by atoms with Crippen LogP contribution in [-0.2, 0) is 12.6 Å². The lowest BCUT2D eigenvalue weighted by atomic mass is 9.73. The van der Waals surface area contributed by atoms with E-state index in [1.165, 1.54) is 18.6 Å². The van der Waals surface area contributed by atoms with Crippen molar-refractivity contribution in [1.29, 1.82) is 5.26 Å². The van der Waals surface area contributed by atoms with Crippen LogP contribution in [0, 0.1) is 16.7 Å².